The number of anilines is 3. The number of fused-ring (bicyclic) bond motifs is 2. The van der Waals surface area contributed by atoms with Gasteiger partial charge >= 0.3 is 5.97 Å². The molecule has 1 aliphatic rings. The van der Waals surface area contributed by atoms with E-state index in [1.54, 1.807) is 0 Å². The lowest BCUT2D eigenvalue weighted by atomic mass is 9.82. The molecule has 0 saturated heterocycles. The van der Waals surface area contributed by atoms with Crippen LogP contribution in [0.5, 0.6) is 0 Å². The summed E-state index contributed by atoms with van der Waals surface area (Å²) in [5.74, 6) is -3.72. The fourth-order valence-electron chi connectivity index (χ4n) is 4.00. The number of nitrogens with two attached hydrogens (primary N) is 1. The maximum Gasteiger partial charge on any atom is 0.337 e. The lowest BCUT2D eigenvalue weighted by Gasteiger charge is -2.24. The highest BCUT2D eigenvalue weighted by molar-refractivity contribution is 7.91. The molecule has 192 valence electrons. The average molecular weight is 547 g/mol. The van der Waals surface area contributed by atoms with Gasteiger partial charge in [-0.3, -0.25) is 14.1 Å². The van der Waals surface area contributed by atoms with E-state index in [-0.39, 0.29) is 21.7 Å². The molecule has 0 aromatic heterocycles. The normalized spacial score (nSPS) is 13.1. The zero-order chi connectivity index (χ0) is 27.3. The van der Waals surface area contributed by atoms with Crippen molar-refractivity contribution < 1.29 is 46.0 Å². The summed E-state index contributed by atoms with van der Waals surface area (Å²) in [6.07, 6.45) is 0. The molecule has 4 rings (SSSR count). The maximum absolute atomic E-state index is 13.4. The number of aromatic carboxylic acids is 1. The highest BCUT2D eigenvalue weighted by Crippen LogP contribution is 2.40. The summed E-state index contributed by atoms with van der Waals surface area (Å²) in [6.45, 7) is -0.703. The van der Waals surface area contributed by atoms with Gasteiger partial charge in [-0.2, -0.15) is 8.42 Å². The summed E-state index contributed by atoms with van der Waals surface area (Å²) in [5, 5.41) is 21.2. The number of sulfone groups is 1. The number of aliphatic hydroxyl groups excluding tert-OH is 1. The van der Waals surface area contributed by atoms with Crippen LogP contribution in [0.15, 0.2) is 58.3 Å². The highest BCUT2D eigenvalue weighted by atomic mass is 32.2. The SMILES string of the molecule is Nc1c(S(=O)(=O)O)cc(Nc2cc(S(=O)(=O)CCO)ccc2C(=O)O)c2c1C(=O)c1ccccc1C2=O. The predicted molar refractivity (Wildman–Crippen MR) is 130 cm³/mol. The second-order valence-corrected chi connectivity index (χ2v) is 11.4. The summed E-state index contributed by atoms with van der Waals surface area (Å²) < 4.78 is 58.8. The van der Waals surface area contributed by atoms with Gasteiger partial charge in [-0.15, -0.1) is 0 Å². The number of benzene rings is 3. The first-order valence-corrected chi connectivity index (χ1v) is 13.5. The molecule has 6 N–H and O–H groups in total. The van der Waals surface area contributed by atoms with Crippen LogP contribution in [0.25, 0.3) is 0 Å². The van der Waals surface area contributed by atoms with Crippen LogP contribution in [0.3, 0.4) is 0 Å². The minimum absolute atomic E-state index is 0.0280. The summed E-state index contributed by atoms with van der Waals surface area (Å²) in [6, 6.07) is 9.32. The molecule has 0 fully saturated rings. The summed E-state index contributed by atoms with van der Waals surface area (Å²) in [7, 11) is -9.08. The van der Waals surface area contributed by atoms with E-state index in [0.29, 0.717) is 0 Å². The van der Waals surface area contributed by atoms with Crippen molar-refractivity contribution in [2.45, 2.75) is 9.79 Å². The first kappa shape index (κ1) is 26.0. The van der Waals surface area contributed by atoms with Gasteiger partial charge in [-0.1, -0.05) is 24.3 Å². The number of carbonyl (C=O) groups is 3. The van der Waals surface area contributed by atoms with E-state index >= 15 is 0 Å². The summed E-state index contributed by atoms with van der Waals surface area (Å²) in [4.78, 5) is 37.2. The Kier molecular flexibility index (Phi) is 6.37. The third kappa shape index (κ3) is 4.46. The van der Waals surface area contributed by atoms with Gasteiger partial charge in [0.1, 0.15) is 4.90 Å². The second-order valence-electron chi connectivity index (χ2n) is 7.94. The molecule has 0 amide bonds. The number of hydrogen-bond acceptors (Lipinski definition) is 10. The van der Waals surface area contributed by atoms with Crippen molar-refractivity contribution >= 4 is 54.6 Å². The van der Waals surface area contributed by atoms with Gasteiger partial charge in [0.2, 0.25) is 0 Å². The van der Waals surface area contributed by atoms with Crippen LogP contribution in [-0.2, 0) is 20.0 Å². The van der Waals surface area contributed by atoms with Crippen molar-refractivity contribution in [1.29, 1.82) is 0 Å². The number of aliphatic hydroxyl groups is 1. The van der Waals surface area contributed by atoms with Gasteiger partial charge in [0.05, 0.1) is 51.0 Å². The topological polar surface area (TPSA) is 218 Å². The van der Waals surface area contributed by atoms with Crippen LogP contribution in [0.4, 0.5) is 17.1 Å². The van der Waals surface area contributed by atoms with Crippen molar-refractivity contribution in [3.63, 3.8) is 0 Å². The summed E-state index contributed by atoms with van der Waals surface area (Å²) in [5.41, 5.74) is 2.97. The first-order chi connectivity index (χ1) is 17.3. The molecule has 0 bridgehead atoms. The highest BCUT2D eigenvalue weighted by Gasteiger charge is 2.36. The molecule has 14 heteroatoms. The van der Waals surface area contributed by atoms with E-state index in [4.69, 9.17) is 10.8 Å². The van der Waals surface area contributed by atoms with Gasteiger partial charge in [-0.25, -0.2) is 13.2 Å². The van der Waals surface area contributed by atoms with Crippen LogP contribution in [0, 0.1) is 0 Å². The lowest BCUT2D eigenvalue weighted by molar-refractivity contribution is 0.0697. The van der Waals surface area contributed by atoms with Crippen molar-refractivity contribution in [3.8, 4) is 0 Å². The van der Waals surface area contributed by atoms with Crippen LogP contribution in [0.2, 0.25) is 0 Å². The molecule has 0 saturated carbocycles. The summed E-state index contributed by atoms with van der Waals surface area (Å²) >= 11 is 0. The number of nitrogens with one attached hydrogen (secondary N) is 1. The second kappa shape index (κ2) is 9.08. The largest absolute Gasteiger partial charge is 0.478 e. The van der Waals surface area contributed by atoms with E-state index in [2.05, 4.69) is 5.32 Å². The fraction of sp³-hybridized carbons (Fsp3) is 0.0870. The molecule has 0 heterocycles. The number of hydrogen-bond donors (Lipinski definition) is 5. The number of nitrogen functional groups attached to an aromatic ring is 1. The molecule has 3 aromatic carbocycles. The Balaban J connectivity index is 2.03. The van der Waals surface area contributed by atoms with Gasteiger partial charge in [0.15, 0.2) is 21.4 Å². The third-order valence-corrected chi connectivity index (χ3v) is 8.27. The Hall–Kier alpha value is -4.11. The quantitative estimate of drug-likeness (QED) is 0.164. The molecule has 0 aliphatic heterocycles. The number of ketones is 2. The molecule has 0 unspecified atom stereocenters. The minimum atomic E-state index is -5.03. The monoisotopic (exact) mass is 546 g/mol. The molecular weight excluding hydrogens is 528 g/mol. The van der Waals surface area contributed by atoms with E-state index < -0.39 is 82.8 Å². The van der Waals surface area contributed by atoms with Gasteiger partial charge in [-0.05, 0) is 24.3 Å². The zero-order valence-electron chi connectivity index (χ0n) is 18.6. The molecule has 0 spiro atoms. The molecule has 1 aliphatic carbocycles. The van der Waals surface area contributed by atoms with Crippen molar-refractivity contribution in [1.82, 2.24) is 0 Å². The van der Waals surface area contributed by atoms with E-state index in [1.165, 1.54) is 24.3 Å². The minimum Gasteiger partial charge on any atom is -0.478 e. The van der Waals surface area contributed by atoms with Gasteiger partial charge in [0.25, 0.3) is 10.1 Å². The predicted octanol–water partition coefficient (Wildman–Crippen LogP) is 1.50. The molecular formula is C23H18N2O10S2. The Labute approximate surface area is 210 Å². The van der Waals surface area contributed by atoms with Crippen molar-refractivity contribution in [3.05, 3.63) is 76.3 Å². The zero-order valence-corrected chi connectivity index (χ0v) is 20.3. The molecule has 12 nitrogen and oxygen atoms in total. The molecule has 0 atom stereocenters. The van der Waals surface area contributed by atoms with E-state index in [0.717, 1.165) is 24.3 Å². The van der Waals surface area contributed by atoms with Crippen molar-refractivity contribution in [2.75, 3.05) is 23.4 Å². The van der Waals surface area contributed by atoms with Crippen LogP contribution in [-0.4, -0.2) is 61.5 Å². The van der Waals surface area contributed by atoms with E-state index in [1.807, 2.05) is 0 Å². The molecule has 37 heavy (non-hydrogen) atoms. The third-order valence-electron chi connectivity index (χ3n) is 5.69. The number of carboxylic acid groups (broad SMARTS) is 1. The fourth-order valence-corrected chi connectivity index (χ4v) is 5.69. The van der Waals surface area contributed by atoms with Crippen LogP contribution < -0.4 is 11.1 Å². The smallest absolute Gasteiger partial charge is 0.337 e. The average Bonchev–Trinajstić information content (AvgIpc) is 2.82. The Bertz CT molecular complexity index is 1730. The van der Waals surface area contributed by atoms with Crippen LogP contribution >= 0.6 is 0 Å². The van der Waals surface area contributed by atoms with Gasteiger partial charge < -0.3 is 21.3 Å². The molecule has 3 aromatic rings. The first-order valence-electron chi connectivity index (χ1n) is 10.4. The van der Waals surface area contributed by atoms with E-state index in [9.17, 15) is 40.9 Å². The Morgan fingerprint density at radius 3 is 2.03 bits per heavy atom. The Morgan fingerprint density at radius 2 is 1.49 bits per heavy atom. The number of carboxylic acids is 1. The standard InChI is InChI=1S/C23H18N2O10S2/c24-20-17(37(33,34)35)10-16(18-19(20)22(28)13-4-2-1-3-12(13)21(18)27)25-15-9-11(36(31,32)8-7-26)5-6-14(15)23(29)30/h1-6,9-10,25-26H,7-8,24H2,(H,29,30)(H,33,34,35). The molecule has 0 radical (unpaired) electrons. The van der Waals surface area contributed by atoms with Crippen LogP contribution in [0.1, 0.15) is 42.2 Å². The van der Waals surface area contributed by atoms with Gasteiger partial charge in [0, 0.05) is 11.1 Å². The number of carbonyl (C=O) groups excluding carboxylic acids is 2. The van der Waals surface area contributed by atoms with Crippen molar-refractivity contribution in [2.24, 2.45) is 0 Å². The Morgan fingerprint density at radius 1 is 0.892 bits per heavy atom. The maximum atomic E-state index is 13.4. The lowest BCUT2D eigenvalue weighted by Crippen LogP contribution is -2.25. The number of rotatable bonds is 7.